The lowest BCUT2D eigenvalue weighted by Gasteiger charge is -2.04. The fourth-order valence-electron chi connectivity index (χ4n) is 1.29. The molecule has 1 aromatic rings. The molecule has 0 radical (unpaired) electrons. The van der Waals surface area contributed by atoms with Crippen LogP contribution in [0.3, 0.4) is 0 Å². The number of benzene rings is 1. The SMILES string of the molecule is COCC(=O)CS(=O)c1ccc(C)c(C)c1. The lowest BCUT2D eigenvalue weighted by Crippen LogP contribution is -2.15. The molecule has 0 saturated carbocycles. The normalized spacial score (nSPS) is 12.4. The molecule has 0 fully saturated rings. The van der Waals surface area contributed by atoms with E-state index in [9.17, 15) is 9.00 Å². The molecule has 0 heterocycles. The van der Waals surface area contributed by atoms with Crippen LogP contribution in [0.4, 0.5) is 0 Å². The van der Waals surface area contributed by atoms with Gasteiger partial charge in [0.25, 0.3) is 0 Å². The van der Waals surface area contributed by atoms with Crippen LogP contribution in [0.5, 0.6) is 0 Å². The number of Topliss-reactive ketones (excluding diaryl/α,β-unsaturated/α-hetero) is 1. The minimum atomic E-state index is -1.26. The van der Waals surface area contributed by atoms with Gasteiger partial charge in [0.1, 0.15) is 6.61 Å². The van der Waals surface area contributed by atoms with Crippen LogP contribution in [0.2, 0.25) is 0 Å². The Labute approximate surface area is 98.3 Å². The molecule has 1 aromatic carbocycles. The first kappa shape index (κ1) is 13.1. The molecule has 0 aliphatic heterocycles. The second-order valence-corrected chi connectivity index (χ2v) is 5.16. The summed E-state index contributed by atoms with van der Waals surface area (Å²) in [5, 5.41) is 0. The Kier molecular flexibility index (Phi) is 4.83. The third kappa shape index (κ3) is 3.54. The molecule has 88 valence electrons. The summed E-state index contributed by atoms with van der Waals surface area (Å²) < 4.78 is 16.5. The Hall–Kier alpha value is -1.00. The van der Waals surface area contributed by atoms with Crippen molar-refractivity contribution >= 4 is 16.6 Å². The van der Waals surface area contributed by atoms with E-state index in [4.69, 9.17) is 4.74 Å². The third-order valence-electron chi connectivity index (χ3n) is 2.34. The van der Waals surface area contributed by atoms with E-state index in [-0.39, 0.29) is 18.1 Å². The highest BCUT2D eigenvalue weighted by molar-refractivity contribution is 7.85. The monoisotopic (exact) mass is 240 g/mol. The van der Waals surface area contributed by atoms with E-state index in [0.717, 1.165) is 11.1 Å². The number of ketones is 1. The highest BCUT2D eigenvalue weighted by atomic mass is 32.2. The van der Waals surface area contributed by atoms with Gasteiger partial charge in [-0.25, -0.2) is 0 Å². The molecule has 16 heavy (non-hydrogen) atoms. The molecule has 0 aromatic heterocycles. The lowest BCUT2D eigenvalue weighted by molar-refractivity contribution is -0.120. The van der Waals surface area contributed by atoms with E-state index < -0.39 is 10.8 Å². The van der Waals surface area contributed by atoms with Gasteiger partial charge in [-0.2, -0.15) is 0 Å². The minimum absolute atomic E-state index is 0.0241. The molecular weight excluding hydrogens is 224 g/mol. The first-order valence-corrected chi connectivity index (χ1v) is 6.32. The Bertz CT molecular complexity index is 413. The molecule has 0 aliphatic carbocycles. The van der Waals surface area contributed by atoms with Crippen molar-refractivity contribution in [2.45, 2.75) is 18.7 Å². The van der Waals surface area contributed by atoms with E-state index >= 15 is 0 Å². The quantitative estimate of drug-likeness (QED) is 0.785. The summed E-state index contributed by atoms with van der Waals surface area (Å²) in [4.78, 5) is 12.0. The standard InChI is InChI=1S/C12H16O3S/c1-9-4-5-12(6-10(9)2)16(14)8-11(13)7-15-3/h4-6H,7-8H2,1-3H3. The van der Waals surface area contributed by atoms with Crippen molar-refractivity contribution in [3.63, 3.8) is 0 Å². The first-order valence-electron chi connectivity index (χ1n) is 5.01. The van der Waals surface area contributed by atoms with Gasteiger partial charge in [-0.15, -0.1) is 0 Å². The van der Waals surface area contributed by atoms with Crippen LogP contribution in [-0.2, 0) is 20.3 Å². The second-order valence-electron chi connectivity index (χ2n) is 3.71. The van der Waals surface area contributed by atoms with Gasteiger partial charge in [-0.1, -0.05) is 6.07 Å². The highest BCUT2D eigenvalue weighted by Gasteiger charge is 2.10. The van der Waals surface area contributed by atoms with Gasteiger partial charge < -0.3 is 4.74 Å². The average molecular weight is 240 g/mol. The van der Waals surface area contributed by atoms with Crippen LogP contribution < -0.4 is 0 Å². The van der Waals surface area contributed by atoms with Gasteiger partial charge in [0.05, 0.1) is 16.6 Å². The summed E-state index contributed by atoms with van der Waals surface area (Å²) >= 11 is 0. The van der Waals surface area contributed by atoms with Crippen LogP contribution in [0.15, 0.2) is 23.1 Å². The summed E-state index contributed by atoms with van der Waals surface area (Å²) in [7, 11) is 0.192. The molecule has 0 spiro atoms. The summed E-state index contributed by atoms with van der Waals surface area (Å²) in [6.07, 6.45) is 0. The largest absolute Gasteiger partial charge is 0.377 e. The molecule has 1 atom stereocenters. The van der Waals surface area contributed by atoms with Crippen molar-refractivity contribution in [2.24, 2.45) is 0 Å². The zero-order valence-corrected chi connectivity index (χ0v) is 10.6. The number of ether oxygens (including phenoxy) is 1. The number of aryl methyl sites for hydroxylation is 2. The van der Waals surface area contributed by atoms with Crippen molar-refractivity contribution < 1.29 is 13.7 Å². The van der Waals surface area contributed by atoms with Gasteiger partial charge in [-0.3, -0.25) is 9.00 Å². The molecule has 0 bridgehead atoms. The molecule has 0 saturated heterocycles. The fourth-order valence-corrected chi connectivity index (χ4v) is 2.36. The maximum Gasteiger partial charge on any atom is 0.171 e. The predicted octanol–water partition coefficient (Wildman–Crippen LogP) is 1.63. The third-order valence-corrected chi connectivity index (χ3v) is 3.70. The zero-order chi connectivity index (χ0) is 12.1. The van der Waals surface area contributed by atoms with Gasteiger partial charge >= 0.3 is 0 Å². The Morgan fingerprint density at radius 1 is 1.31 bits per heavy atom. The number of rotatable bonds is 5. The first-order chi connectivity index (χ1) is 7.54. The van der Waals surface area contributed by atoms with Crippen molar-refractivity contribution in [3.8, 4) is 0 Å². The van der Waals surface area contributed by atoms with Crippen LogP contribution >= 0.6 is 0 Å². The predicted molar refractivity (Wildman–Crippen MR) is 64.1 cm³/mol. The average Bonchev–Trinajstić information content (AvgIpc) is 2.22. The Morgan fingerprint density at radius 2 is 2.00 bits per heavy atom. The van der Waals surface area contributed by atoms with Crippen LogP contribution in [-0.4, -0.2) is 29.5 Å². The molecule has 0 aliphatic rings. The maximum absolute atomic E-state index is 11.8. The van der Waals surface area contributed by atoms with Crippen molar-refractivity contribution in [3.05, 3.63) is 29.3 Å². The van der Waals surface area contributed by atoms with Crippen molar-refractivity contribution in [2.75, 3.05) is 19.5 Å². The van der Waals surface area contributed by atoms with Gasteiger partial charge in [0.2, 0.25) is 0 Å². The molecule has 4 heteroatoms. The van der Waals surface area contributed by atoms with E-state index in [0.29, 0.717) is 4.90 Å². The second kappa shape index (κ2) is 5.92. The van der Waals surface area contributed by atoms with Gasteiger partial charge in [0, 0.05) is 12.0 Å². The number of hydrogen-bond donors (Lipinski definition) is 0. The van der Waals surface area contributed by atoms with E-state index in [1.54, 1.807) is 6.07 Å². The highest BCUT2D eigenvalue weighted by Crippen LogP contribution is 2.13. The summed E-state index contributed by atoms with van der Waals surface area (Å²) in [5.74, 6) is -0.116. The zero-order valence-electron chi connectivity index (χ0n) is 9.78. The topological polar surface area (TPSA) is 43.4 Å². The number of carbonyl (C=O) groups excluding carboxylic acids is 1. The van der Waals surface area contributed by atoms with E-state index in [1.165, 1.54) is 7.11 Å². The molecule has 1 rings (SSSR count). The Balaban J connectivity index is 2.73. The smallest absolute Gasteiger partial charge is 0.171 e. The molecule has 0 amide bonds. The van der Waals surface area contributed by atoms with Crippen LogP contribution in [0.25, 0.3) is 0 Å². The van der Waals surface area contributed by atoms with Gasteiger partial charge in [-0.05, 0) is 37.1 Å². The summed E-state index contributed by atoms with van der Waals surface area (Å²) in [6, 6.07) is 5.59. The molecular formula is C12H16O3S. The summed E-state index contributed by atoms with van der Waals surface area (Å²) in [6.45, 7) is 3.99. The van der Waals surface area contributed by atoms with Crippen molar-refractivity contribution in [1.82, 2.24) is 0 Å². The molecule has 1 unspecified atom stereocenters. The van der Waals surface area contributed by atoms with Crippen LogP contribution in [0, 0.1) is 13.8 Å². The number of hydrogen-bond acceptors (Lipinski definition) is 3. The van der Waals surface area contributed by atoms with Crippen LogP contribution in [0.1, 0.15) is 11.1 Å². The lowest BCUT2D eigenvalue weighted by atomic mass is 10.1. The molecule has 0 N–H and O–H groups in total. The maximum atomic E-state index is 11.8. The van der Waals surface area contributed by atoms with E-state index in [2.05, 4.69) is 0 Å². The van der Waals surface area contributed by atoms with Crippen molar-refractivity contribution in [1.29, 1.82) is 0 Å². The van der Waals surface area contributed by atoms with Gasteiger partial charge in [0.15, 0.2) is 5.78 Å². The minimum Gasteiger partial charge on any atom is -0.377 e. The Morgan fingerprint density at radius 3 is 2.56 bits per heavy atom. The van der Waals surface area contributed by atoms with E-state index in [1.807, 2.05) is 26.0 Å². The molecule has 3 nitrogen and oxygen atoms in total. The summed E-state index contributed by atoms with van der Waals surface area (Å²) in [5.41, 5.74) is 2.24. The number of carbonyl (C=O) groups is 1. The number of methoxy groups -OCH3 is 1. The fraction of sp³-hybridized carbons (Fsp3) is 0.417.